The first kappa shape index (κ1) is 20.1. The molecule has 0 atom stereocenters. The third-order valence-corrected chi connectivity index (χ3v) is 5.51. The highest BCUT2D eigenvalue weighted by Crippen LogP contribution is 2.27. The molecule has 7 heteroatoms. The molecule has 2 aromatic carbocycles. The van der Waals surface area contributed by atoms with Crippen molar-refractivity contribution in [2.45, 2.75) is 25.4 Å². The van der Waals surface area contributed by atoms with E-state index in [0.29, 0.717) is 6.61 Å². The van der Waals surface area contributed by atoms with Gasteiger partial charge in [-0.05, 0) is 43.6 Å². The number of hydrogen-bond donors (Lipinski definition) is 0. The minimum absolute atomic E-state index is 0.136. The van der Waals surface area contributed by atoms with Crippen LogP contribution in [0.4, 0.5) is 0 Å². The first-order valence-electron chi connectivity index (χ1n) is 10.2. The Labute approximate surface area is 175 Å². The number of likely N-dealkylation sites (tertiary alicyclic amines) is 1. The van der Waals surface area contributed by atoms with Crippen molar-refractivity contribution in [2.24, 2.45) is 7.05 Å². The smallest absolute Gasteiger partial charge is 0.350 e. The number of rotatable bonds is 6. The Kier molecular flexibility index (Phi) is 6.09. The summed E-state index contributed by atoms with van der Waals surface area (Å²) in [4.78, 5) is 26.9. The molecule has 1 saturated heterocycles. The van der Waals surface area contributed by atoms with Crippen molar-refractivity contribution in [1.82, 2.24) is 19.2 Å². The molecule has 0 radical (unpaired) electrons. The van der Waals surface area contributed by atoms with Gasteiger partial charge in [-0.15, -0.1) is 0 Å². The number of benzene rings is 2. The highest BCUT2D eigenvalue weighted by molar-refractivity contribution is 5.71. The third kappa shape index (κ3) is 4.52. The number of carbonyl (C=O) groups is 1. The Hall–Kier alpha value is -3.19. The third-order valence-electron chi connectivity index (χ3n) is 5.51. The molecule has 0 bridgehead atoms. The second kappa shape index (κ2) is 9.09. The van der Waals surface area contributed by atoms with Crippen molar-refractivity contribution in [3.8, 4) is 5.69 Å². The van der Waals surface area contributed by atoms with Crippen LogP contribution in [0.5, 0.6) is 0 Å². The van der Waals surface area contributed by atoms with E-state index >= 15 is 0 Å². The van der Waals surface area contributed by atoms with E-state index in [4.69, 9.17) is 4.74 Å². The molecular formula is C23H26N4O3. The summed E-state index contributed by atoms with van der Waals surface area (Å²) in [6.45, 7) is 2.12. The van der Waals surface area contributed by atoms with Crippen molar-refractivity contribution in [3.05, 3.63) is 82.5 Å². The van der Waals surface area contributed by atoms with Gasteiger partial charge in [0, 0.05) is 13.0 Å². The zero-order valence-corrected chi connectivity index (χ0v) is 17.1. The van der Waals surface area contributed by atoms with Gasteiger partial charge in [0.05, 0.1) is 12.2 Å². The monoisotopic (exact) mass is 406 g/mol. The molecule has 7 nitrogen and oxygen atoms in total. The molecular weight excluding hydrogens is 380 g/mol. The van der Waals surface area contributed by atoms with Crippen LogP contribution in [0.3, 0.4) is 0 Å². The van der Waals surface area contributed by atoms with Crippen molar-refractivity contribution in [1.29, 1.82) is 0 Å². The molecule has 0 unspecified atom stereocenters. The number of aromatic nitrogens is 3. The summed E-state index contributed by atoms with van der Waals surface area (Å²) in [6.07, 6.45) is 1.69. The summed E-state index contributed by atoms with van der Waals surface area (Å²) in [5.41, 5.74) is 1.68. The van der Waals surface area contributed by atoms with E-state index < -0.39 is 0 Å². The number of aryl methyl sites for hydroxylation is 1. The summed E-state index contributed by atoms with van der Waals surface area (Å²) in [5, 5.41) is 4.52. The lowest BCUT2D eigenvalue weighted by Gasteiger charge is -2.30. The van der Waals surface area contributed by atoms with E-state index in [1.807, 2.05) is 60.7 Å². The lowest BCUT2D eigenvalue weighted by atomic mass is 9.96. The van der Waals surface area contributed by atoms with E-state index in [9.17, 15) is 9.59 Å². The van der Waals surface area contributed by atoms with E-state index in [0.717, 1.165) is 43.0 Å². The van der Waals surface area contributed by atoms with Crippen molar-refractivity contribution in [2.75, 3.05) is 19.6 Å². The standard InChI is InChI=1S/C23H26N4O3/c1-25-23(29)27(20-10-6-3-7-11-20)22(24-25)19-12-14-26(15-13-19)16-21(28)30-17-18-8-4-2-5-9-18/h2-11,19H,12-17H2,1H3. The highest BCUT2D eigenvalue weighted by atomic mass is 16.5. The summed E-state index contributed by atoms with van der Waals surface area (Å²) in [6, 6.07) is 19.3. The number of nitrogens with zero attached hydrogens (tertiary/aromatic N) is 4. The van der Waals surface area contributed by atoms with Gasteiger partial charge in [0.2, 0.25) is 0 Å². The highest BCUT2D eigenvalue weighted by Gasteiger charge is 2.27. The summed E-state index contributed by atoms with van der Waals surface area (Å²) < 4.78 is 8.50. The average Bonchev–Trinajstić information content (AvgIpc) is 3.08. The van der Waals surface area contributed by atoms with Gasteiger partial charge in [-0.3, -0.25) is 9.69 Å². The molecule has 30 heavy (non-hydrogen) atoms. The Morgan fingerprint density at radius 2 is 1.67 bits per heavy atom. The van der Waals surface area contributed by atoms with E-state index in [1.54, 1.807) is 11.6 Å². The molecule has 1 aliphatic rings. The second-order valence-corrected chi connectivity index (χ2v) is 7.63. The van der Waals surface area contributed by atoms with Crippen LogP contribution in [0.15, 0.2) is 65.5 Å². The molecule has 0 spiro atoms. The Bertz CT molecular complexity index is 1040. The molecule has 0 saturated carbocycles. The number of ether oxygens (including phenoxy) is 1. The summed E-state index contributed by atoms with van der Waals surface area (Å²) in [7, 11) is 1.68. The van der Waals surface area contributed by atoms with Crippen molar-refractivity contribution >= 4 is 5.97 Å². The maximum Gasteiger partial charge on any atom is 0.350 e. The van der Waals surface area contributed by atoms with E-state index in [-0.39, 0.29) is 24.1 Å². The predicted molar refractivity (Wildman–Crippen MR) is 113 cm³/mol. The van der Waals surface area contributed by atoms with E-state index in [2.05, 4.69) is 10.00 Å². The number of carbonyl (C=O) groups excluding carboxylic acids is 1. The first-order valence-corrected chi connectivity index (χ1v) is 10.2. The fourth-order valence-electron chi connectivity index (χ4n) is 3.88. The topological polar surface area (TPSA) is 69.4 Å². The maximum atomic E-state index is 12.6. The van der Waals surface area contributed by atoms with Crippen LogP contribution in [0.2, 0.25) is 0 Å². The largest absolute Gasteiger partial charge is 0.460 e. The van der Waals surface area contributed by atoms with Crippen LogP contribution < -0.4 is 5.69 Å². The van der Waals surface area contributed by atoms with Crippen LogP contribution in [0, 0.1) is 0 Å². The molecule has 3 aromatic rings. The van der Waals surface area contributed by atoms with Crippen LogP contribution in [-0.2, 0) is 23.2 Å². The van der Waals surface area contributed by atoms with Crippen LogP contribution in [-0.4, -0.2) is 44.9 Å². The molecule has 0 aliphatic carbocycles. The fourth-order valence-corrected chi connectivity index (χ4v) is 3.88. The summed E-state index contributed by atoms with van der Waals surface area (Å²) >= 11 is 0. The zero-order valence-electron chi connectivity index (χ0n) is 17.1. The van der Waals surface area contributed by atoms with Gasteiger partial charge in [0.25, 0.3) is 0 Å². The van der Waals surface area contributed by atoms with Gasteiger partial charge in [0.1, 0.15) is 12.4 Å². The van der Waals surface area contributed by atoms with E-state index in [1.165, 1.54) is 4.68 Å². The number of hydrogen-bond acceptors (Lipinski definition) is 5. The number of piperidine rings is 1. The Balaban J connectivity index is 1.36. The quantitative estimate of drug-likeness (QED) is 0.589. The predicted octanol–water partition coefficient (Wildman–Crippen LogP) is 2.49. The number of esters is 1. The van der Waals surface area contributed by atoms with Gasteiger partial charge in [-0.2, -0.15) is 5.10 Å². The molecule has 0 amide bonds. The normalized spacial score (nSPS) is 15.2. The van der Waals surface area contributed by atoms with Gasteiger partial charge < -0.3 is 4.74 Å². The summed E-state index contributed by atoms with van der Waals surface area (Å²) in [5.74, 6) is 0.757. The minimum Gasteiger partial charge on any atom is -0.460 e. The van der Waals surface area contributed by atoms with Crippen molar-refractivity contribution in [3.63, 3.8) is 0 Å². The Morgan fingerprint density at radius 3 is 2.33 bits per heavy atom. The SMILES string of the molecule is Cn1nc(C2CCN(CC(=O)OCc3ccccc3)CC2)n(-c2ccccc2)c1=O. The van der Waals surface area contributed by atoms with Gasteiger partial charge in [0.15, 0.2) is 0 Å². The van der Waals surface area contributed by atoms with Crippen LogP contribution in [0.25, 0.3) is 5.69 Å². The molecule has 1 aliphatic heterocycles. The molecule has 156 valence electrons. The minimum atomic E-state index is -0.212. The number of para-hydroxylation sites is 1. The van der Waals surface area contributed by atoms with Gasteiger partial charge in [-0.25, -0.2) is 14.0 Å². The molecule has 1 aromatic heterocycles. The lowest BCUT2D eigenvalue weighted by molar-refractivity contribution is -0.146. The average molecular weight is 406 g/mol. The molecule has 2 heterocycles. The lowest BCUT2D eigenvalue weighted by Crippen LogP contribution is -2.38. The van der Waals surface area contributed by atoms with Crippen LogP contribution >= 0.6 is 0 Å². The molecule has 4 rings (SSSR count). The second-order valence-electron chi connectivity index (χ2n) is 7.63. The van der Waals surface area contributed by atoms with Gasteiger partial charge in [-0.1, -0.05) is 48.5 Å². The maximum absolute atomic E-state index is 12.6. The van der Waals surface area contributed by atoms with Gasteiger partial charge >= 0.3 is 11.7 Å². The molecule has 0 N–H and O–H groups in total. The zero-order chi connectivity index (χ0) is 20.9. The first-order chi connectivity index (χ1) is 14.6. The Morgan fingerprint density at radius 1 is 1.03 bits per heavy atom. The fraction of sp³-hybridized carbons (Fsp3) is 0.348. The molecule has 1 fully saturated rings. The van der Waals surface area contributed by atoms with Crippen molar-refractivity contribution < 1.29 is 9.53 Å². The van der Waals surface area contributed by atoms with Crippen LogP contribution in [0.1, 0.15) is 30.1 Å².